The van der Waals surface area contributed by atoms with Crippen LogP contribution in [0, 0.1) is 13.8 Å². The van der Waals surface area contributed by atoms with Crippen molar-refractivity contribution < 1.29 is 14.3 Å². The fraction of sp³-hybridized carbons (Fsp3) is 0.300. The third kappa shape index (κ3) is 4.69. The lowest BCUT2D eigenvalue weighted by Gasteiger charge is -2.12. The van der Waals surface area contributed by atoms with Gasteiger partial charge < -0.3 is 4.74 Å². The molecule has 0 amide bonds. The first-order valence-corrected chi connectivity index (χ1v) is 10.7. The number of imidazole rings is 1. The molecule has 0 aliphatic heterocycles. The number of carbonyl (C=O) groups excluding carboxylic acids is 2. The predicted octanol–water partition coefficient (Wildman–Crippen LogP) is 3.95. The Kier molecular flexibility index (Phi) is 6.64. The van der Waals surface area contributed by atoms with Crippen molar-refractivity contribution in [1.82, 2.24) is 14.5 Å². The highest BCUT2D eigenvalue weighted by atomic mass is 32.2. The minimum Gasteiger partial charge on any atom is -0.465 e. The Morgan fingerprint density at radius 2 is 2.14 bits per heavy atom. The number of hydrogen-bond acceptors (Lipinski definition) is 7. The number of carbonyl (C=O) groups is 2. The number of thioether (sulfide) groups is 1. The summed E-state index contributed by atoms with van der Waals surface area (Å²) in [6.45, 7) is 5.80. The highest BCUT2D eigenvalue weighted by Crippen LogP contribution is 2.27. The van der Waals surface area contributed by atoms with Gasteiger partial charge in [-0.15, -0.1) is 11.3 Å². The van der Waals surface area contributed by atoms with Crippen LogP contribution in [0.25, 0.3) is 5.69 Å². The first-order chi connectivity index (χ1) is 13.5. The lowest BCUT2D eigenvalue weighted by molar-refractivity contribution is -0.147. The summed E-state index contributed by atoms with van der Waals surface area (Å²) in [7, 11) is 0. The molecule has 1 atom stereocenters. The van der Waals surface area contributed by atoms with Gasteiger partial charge in [0.2, 0.25) is 0 Å². The van der Waals surface area contributed by atoms with Gasteiger partial charge in [0.25, 0.3) is 0 Å². The summed E-state index contributed by atoms with van der Waals surface area (Å²) < 4.78 is 7.04. The summed E-state index contributed by atoms with van der Waals surface area (Å²) in [6.07, 6.45) is 3.55. The van der Waals surface area contributed by atoms with Gasteiger partial charge >= 0.3 is 5.97 Å². The molecule has 0 spiro atoms. The fourth-order valence-electron chi connectivity index (χ4n) is 2.69. The maximum absolute atomic E-state index is 12.9. The van der Waals surface area contributed by atoms with Crippen molar-refractivity contribution in [2.45, 2.75) is 31.8 Å². The van der Waals surface area contributed by atoms with Gasteiger partial charge in [-0.3, -0.25) is 14.2 Å². The Morgan fingerprint density at radius 1 is 1.32 bits per heavy atom. The Labute approximate surface area is 172 Å². The highest BCUT2D eigenvalue weighted by molar-refractivity contribution is 7.99. The van der Waals surface area contributed by atoms with Gasteiger partial charge in [-0.2, -0.15) is 0 Å². The van der Waals surface area contributed by atoms with Gasteiger partial charge in [0, 0.05) is 29.2 Å². The molecule has 8 heteroatoms. The number of benzene rings is 1. The highest BCUT2D eigenvalue weighted by Gasteiger charge is 2.32. The number of thiazole rings is 1. The largest absolute Gasteiger partial charge is 0.465 e. The van der Waals surface area contributed by atoms with E-state index in [1.165, 1.54) is 23.1 Å². The zero-order chi connectivity index (χ0) is 20.1. The second kappa shape index (κ2) is 9.16. The standard InChI is InChI=1S/C20H21N3O3S2/c1-4-26-19(25)17(18-22-14(3)11-27-18)16(24)12-28-20-21-8-9-23(20)15-7-5-6-13(2)10-15/h5-11,17H,4,12H2,1-3H3. The number of aromatic nitrogens is 3. The van der Waals surface area contributed by atoms with Gasteiger partial charge in [-0.1, -0.05) is 23.9 Å². The molecule has 0 fully saturated rings. The van der Waals surface area contributed by atoms with Crippen LogP contribution < -0.4 is 0 Å². The average Bonchev–Trinajstić information content (AvgIpc) is 3.29. The number of nitrogens with zero attached hydrogens (tertiary/aromatic N) is 3. The van der Waals surface area contributed by atoms with Crippen LogP contribution in [-0.4, -0.2) is 38.6 Å². The molecular formula is C20H21N3O3S2. The van der Waals surface area contributed by atoms with E-state index in [4.69, 9.17) is 4.74 Å². The number of hydrogen-bond donors (Lipinski definition) is 0. The molecule has 1 aromatic carbocycles. The average molecular weight is 416 g/mol. The summed E-state index contributed by atoms with van der Waals surface area (Å²) in [5, 5.41) is 2.99. The molecule has 0 bridgehead atoms. The van der Waals surface area contributed by atoms with Crippen LogP contribution in [0.5, 0.6) is 0 Å². The maximum Gasteiger partial charge on any atom is 0.323 e. The number of aryl methyl sites for hydroxylation is 2. The van der Waals surface area contributed by atoms with Crippen molar-refractivity contribution in [2.24, 2.45) is 0 Å². The second-order valence-electron chi connectivity index (χ2n) is 6.19. The molecule has 6 nitrogen and oxygen atoms in total. The normalized spacial score (nSPS) is 12.0. The van der Waals surface area contributed by atoms with Crippen molar-refractivity contribution in [1.29, 1.82) is 0 Å². The van der Waals surface area contributed by atoms with E-state index < -0.39 is 11.9 Å². The number of ether oxygens (including phenoxy) is 1. The molecule has 3 rings (SSSR count). The van der Waals surface area contributed by atoms with Crippen molar-refractivity contribution in [3.63, 3.8) is 0 Å². The van der Waals surface area contributed by atoms with Crippen molar-refractivity contribution in [3.05, 3.63) is 58.3 Å². The number of Topliss-reactive ketones (excluding diaryl/α,β-unsaturated/α-hetero) is 1. The molecule has 0 aliphatic rings. The van der Waals surface area contributed by atoms with Crippen LogP contribution in [0.4, 0.5) is 0 Å². The smallest absolute Gasteiger partial charge is 0.323 e. The van der Waals surface area contributed by atoms with E-state index in [9.17, 15) is 9.59 Å². The fourth-order valence-corrected chi connectivity index (χ4v) is 4.47. The van der Waals surface area contributed by atoms with Gasteiger partial charge in [-0.05, 0) is 38.5 Å². The van der Waals surface area contributed by atoms with Crippen molar-refractivity contribution in [3.8, 4) is 5.69 Å². The third-order valence-corrected chi connectivity index (χ3v) is 5.97. The lowest BCUT2D eigenvalue weighted by Crippen LogP contribution is -2.25. The Hall–Kier alpha value is -2.45. The van der Waals surface area contributed by atoms with Crippen LogP contribution in [0.1, 0.15) is 29.1 Å². The molecule has 0 saturated heterocycles. The summed E-state index contributed by atoms with van der Waals surface area (Å²) in [5.41, 5.74) is 2.90. The van der Waals surface area contributed by atoms with Crippen LogP contribution in [0.15, 0.2) is 47.2 Å². The van der Waals surface area contributed by atoms with E-state index in [-0.39, 0.29) is 18.1 Å². The quantitative estimate of drug-likeness (QED) is 0.315. The first-order valence-electron chi connectivity index (χ1n) is 8.84. The number of esters is 1. The monoisotopic (exact) mass is 415 g/mol. The molecular weight excluding hydrogens is 394 g/mol. The van der Waals surface area contributed by atoms with Gasteiger partial charge in [0.1, 0.15) is 5.01 Å². The molecule has 28 heavy (non-hydrogen) atoms. The summed E-state index contributed by atoms with van der Waals surface area (Å²) in [5.74, 6) is -1.68. The summed E-state index contributed by atoms with van der Waals surface area (Å²) in [4.78, 5) is 33.9. The van der Waals surface area contributed by atoms with Crippen LogP contribution in [0.2, 0.25) is 0 Å². The van der Waals surface area contributed by atoms with E-state index >= 15 is 0 Å². The van der Waals surface area contributed by atoms with Crippen LogP contribution in [-0.2, 0) is 14.3 Å². The maximum atomic E-state index is 12.9. The zero-order valence-corrected chi connectivity index (χ0v) is 17.5. The molecule has 0 saturated carbocycles. The number of rotatable bonds is 8. The molecule has 146 valence electrons. The molecule has 0 N–H and O–H groups in total. The molecule has 1 unspecified atom stereocenters. The third-order valence-electron chi connectivity index (χ3n) is 3.96. The van der Waals surface area contributed by atoms with Crippen molar-refractivity contribution in [2.75, 3.05) is 12.4 Å². The van der Waals surface area contributed by atoms with Crippen LogP contribution in [0.3, 0.4) is 0 Å². The topological polar surface area (TPSA) is 74.1 Å². The minimum absolute atomic E-state index is 0.102. The molecule has 3 aromatic rings. The molecule has 2 aromatic heterocycles. The van der Waals surface area contributed by atoms with Crippen molar-refractivity contribution >= 4 is 34.9 Å². The first kappa shape index (κ1) is 20.3. The minimum atomic E-state index is -0.992. The Balaban J connectivity index is 1.77. The van der Waals surface area contributed by atoms with Crippen LogP contribution >= 0.6 is 23.1 Å². The second-order valence-corrected chi connectivity index (χ2v) is 8.02. The van der Waals surface area contributed by atoms with Gasteiger partial charge in [0.05, 0.1) is 12.4 Å². The Morgan fingerprint density at radius 3 is 2.82 bits per heavy atom. The molecule has 2 heterocycles. The SMILES string of the molecule is CCOC(=O)C(C(=O)CSc1nccn1-c1cccc(C)c1)c1nc(C)cs1. The van der Waals surface area contributed by atoms with E-state index in [0.717, 1.165) is 16.9 Å². The summed E-state index contributed by atoms with van der Waals surface area (Å²) >= 11 is 2.60. The Bertz CT molecular complexity index is 980. The van der Waals surface area contributed by atoms with E-state index in [2.05, 4.69) is 9.97 Å². The molecule has 0 aliphatic carbocycles. The zero-order valence-electron chi connectivity index (χ0n) is 15.9. The molecule has 0 radical (unpaired) electrons. The predicted molar refractivity (Wildman–Crippen MR) is 110 cm³/mol. The van der Waals surface area contributed by atoms with E-state index in [1.54, 1.807) is 13.1 Å². The van der Waals surface area contributed by atoms with Gasteiger partial charge in [-0.25, -0.2) is 9.97 Å². The number of ketones is 1. The van der Waals surface area contributed by atoms with E-state index in [1.807, 2.05) is 54.3 Å². The summed E-state index contributed by atoms with van der Waals surface area (Å²) in [6, 6.07) is 8.04. The van der Waals surface area contributed by atoms with E-state index in [0.29, 0.717) is 10.2 Å². The van der Waals surface area contributed by atoms with Gasteiger partial charge in [0.15, 0.2) is 16.9 Å². The lowest BCUT2D eigenvalue weighted by atomic mass is 10.1.